The molecule has 0 saturated carbocycles. The number of rotatable bonds is 7. The van der Waals surface area contributed by atoms with Gasteiger partial charge in [-0.1, -0.05) is 34.1 Å². The zero-order valence-corrected chi connectivity index (χ0v) is 14.9. The molecule has 0 aromatic heterocycles. The molecular formula is C18H20BrNO3. The zero-order chi connectivity index (χ0) is 16.7. The van der Waals surface area contributed by atoms with Gasteiger partial charge in [-0.15, -0.1) is 0 Å². The average molecular weight is 378 g/mol. The first kappa shape index (κ1) is 17.3. The summed E-state index contributed by atoms with van der Waals surface area (Å²) in [4.78, 5) is 11.8. The number of anilines is 1. The molecule has 1 N–H and O–H groups in total. The van der Waals surface area contributed by atoms with E-state index in [0.29, 0.717) is 18.7 Å². The Kier molecular flexibility index (Phi) is 6.47. The van der Waals surface area contributed by atoms with Crippen molar-refractivity contribution in [2.24, 2.45) is 0 Å². The molecule has 0 amide bonds. The van der Waals surface area contributed by atoms with Gasteiger partial charge in [0, 0.05) is 16.7 Å². The lowest BCUT2D eigenvalue weighted by molar-refractivity contribution is 0.0601. The Balaban J connectivity index is 1.85. The highest BCUT2D eigenvalue weighted by molar-refractivity contribution is 9.10. The molecule has 5 heteroatoms. The van der Waals surface area contributed by atoms with Gasteiger partial charge in [0.1, 0.15) is 5.75 Å². The van der Waals surface area contributed by atoms with Crippen LogP contribution in [0.1, 0.15) is 22.3 Å². The third-order valence-corrected chi connectivity index (χ3v) is 3.87. The second-order valence-corrected chi connectivity index (χ2v) is 5.99. The van der Waals surface area contributed by atoms with Crippen molar-refractivity contribution in [1.82, 2.24) is 0 Å². The van der Waals surface area contributed by atoms with E-state index in [4.69, 9.17) is 9.47 Å². The number of hydrogen-bond donors (Lipinski definition) is 1. The Bertz CT molecular complexity index is 673. The van der Waals surface area contributed by atoms with Crippen molar-refractivity contribution in [2.45, 2.75) is 13.3 Å². The largest absolute Gasteiger partial charge is 0.493 e. The number of esters is 1. The maximum absolute atomic E-state index is 11.8. The van der Waals surface area contributed by atoms with E-state index in [-0.39, 0.29) is 5.97 Å². The molecule has 0 spiro atoms. The van der Waals surface area contributed by atoms with E-state index in [1.54, 1.807) is 6.07 Å². The number of hydrogen-bond acceptors (Lipinski definition) is 4. The van der Waals surface area contributed by atoms with Crippen LogP contribution in [0.3, 0.4) is 0 Å². The summed E-state index contributed by atoms with van der Waals surface area (Å²) >= 11 is 3.36. The van der Waals surface area contributed by atoms with Gasteiger partial charge in [-0.05, 0) is 43.2 Å². The molecule has 0 aliphatic rings. The first-order valence-electron chi connectivity index (χ1n) is 7.42. The van der Waals surface area contributed by atoms with E-state index in [0.717, 1.165) is 27.9 Å². The normalized spacial score (nSPS) is 10.2. The van der Waals surface area contributed by atoms with Crippen LogP contribution >= 0.6 is 15.9 Å². The van der Waals surface area contributed by atoms with Crippen molar-refractivity contribution < 1.29 is 14.3 Å². The summed E-state index contributed by atoms with van der Waals surface area (Å²) in [5.74, 6) is 0.552. The van der Waals surface area contributed by atoms with E-state index < -0.39 is 0 Å². The van der Waals surface area contributed by atoms with Gasteiger partial charge in [-0.2, -0.15) is 0 Å². The fourth-order valence-corrected chi connectivity index (χ4v) is 2.51. The third-order valence-electron chi connectivity index (χ3n) is 3.37. The van der Waals surface area contributed by atoms with Gasteiger partial charge in [0.2, 0.25) is 0 Å². The SMILES string of the molecule is COC(=O)c1cc(Br)ccc1NCCCOc1ccccc1C. The van der Waals surface area contributed by atoms with Gasteiger partial charge < -0.3 is 14.8 Å². The van der Waals surface area contributed by atoms with Gasteiger partial charge in [0.25, 0.3) is 0 Å². The maximum Gasteiger partial charge on any atom is 0.340 e. The van der Waals surface area contributed by atoms with E-state index in [9.17, 15) is 4.79 Å². The predicted octanol–water partition coefficient (Wildman–Crippen LogP) is 4.43. The van der Waals surface area contributed by atoms with Crippen molar-refractivity contribution >= 4 is 27.6 Å². The third kappa shape index (κ3) is 4.99. The molecule has 2 rings (SSSR count). The molecule has 0 heterocycles. The highest BCUT2D eigenvalue weighted by atomic mass is 79.9. The molecule has 2 aromatic rings. The topological polar surface area (TPSA) is 47.6 Å². The molecule has 0 aliphatic carbocycles. The van der Waals surface area contributed by atoms with Crippen LogP contribution in [0.15, 0.2) is 46.9 Å². The Hall–Kier alpha value is -2.01. The van der Waals surface area contributed by atoms with Crippen LogP contribution in [0.2, 0.25) is 0 Å². The summed E-state index contributed by atoms with van der Waals surface area (Å²) in [6.45, 7) is 3.34. The number of nitrogens with one attached hydrogen (secondary N) is 1. The first-order valence-corrected chi connectivity index (χ1v) is 8.21. The van der Waals surface area contributed by atoms with Crippen molar-refractivity contribution in [1.29, 1.82) is 0 Å². The van der Waals surface area contributed by atoms with E-state index in [1.165, 1.54) is 7.11 Å². The molecule has 0 radical (unpaired) electrons. The van der Waals surface area contributed by atoms with Crippen molar-refractivity contribution in [2.75, 3.05) is 25.6 Å². The van der Waals surface area contributed by atoms with Crippen molar-refractivity contribution in [3.63, 3.8) is 0 Å². The lowest BCUT2D eigenvalue weighted by atomic mass is 10.2. The molecule has 0 aliphatic heterocycles. The smallest absolute Gasteiger partial charge is 0.340 e. The van der Waals surface area contributed by atoms with Gasteiger partial charge in [-0.25, -0.2) is 4.79 Å². The molecular weight excluding hydrogens is 358 g/mol. The van der Waals surface area contributed by atoms with Gasteiger partial charge in [0.05, 0.1) is 19.3 Å². The minimum Gasteiger partial charge on any atom is -0.493 e. The molecule has 122 valence electrons. The van der Waals surface area contributed by atoms with Gasteiger partial charge >= 0.3 is 5.97 Å². The molecule has 0 saturated heterocycles. The van der Waals surface area contributed by atoms with Crippen molar-refractivity contribution in [3.8, 4) is 5.75 Å². The van der Waals surface area contributed by atoms with Crippen LogP contribution in [0.5, 0.6) is 5.75 Å². The van der Waals surface area contributed by atoms with Gasteiger partial charge in [0.15, 0.2) is 0 Å². The number of methoxy groups -OCH3 is 1. The Morgan fingerprint density at radius 1 is 1.22 bits per heavy atom. The number of carbonyl (C=O) groups is 1. The van der Waals surface area contributed by atoms with E-state index in [1.807, 2.05) is 43.3 Å². The Morgan fingerprint density at radius 3 is 2.74 bits per heavy atom. The molecule has 0 atom stereocenters. The number of benzene rings is 2. The summed E-state index contributed by atoms with van der Waals surface area (Å²) in [5, 5.41) is 3.25. The standard InChI is InChI=1S/C18H20BrNO3/c1-13-6-3-4-7-17(13)23-11-5-10-20-16-9-8-14(19)12-15(16)18(21)22-2/h3-4,6-9,12,20H,5,10-11H2,1-2H3. The Labute approximate surface area is 144 Å². The number of para-hydroxylation sites is 1. The molecule has 23 heavy (non-hydrogen) atoms. The summed E-state index contributed by atoms with van der Waals surface area (Å²) < 4.78 is 11.4. The van der Waals surface area contributed by atoms with E-state index >= 15 is 0 Å². The second kappa shape index (κ2) is 8.58. The minimum atomic E-state index is -0.357. The fraction of sp³-hybridized carbons (Fsp3) is 0.278. The molecule has 2 aromatic carbocycles. The average Bonchev–Trinajstić information content (AvgIpc) is 2.56. The summed E-state index contributed by atoms with van der Waals surface area (Å²) in [7, 11) is 1.38. The lowest BCUT2D eigenvalue weighted by Gasteiger charge is -2.12. The van der Waals surface area contributed by atoms with Gasteiger partial charge in [-0.3, -0.25) is 0 Å². The van der Waals surface area contributed by atoms with Crippen LogP contribution in [-0.2, 0) is 4.74 Å². The summed E-state index contributed by atoms with van der Waals surface area (Å²) in [5.41, 5.74) is 2.40. The lowest BCUT2D eigenvalue weighted by Crippen LogP contribution is -2.11. The number of ether oxygens (including phenoxy) is 2. The van der Waals surface area contributed by atoms with Crippen LogP contribution in [0.4, 0.5) is 5.69 Å². The van der Waals surface area contributed by atoms with Crippen LogP contribution < -0.4 is 10.1 Å². The zero-order valence-electron chi connectivity index (χ0n) is 13.3. The monoisotopic (exact) mass is 377 g/mol. The summed E-state index contributed by atoms with van der Waals surface area (Å²) in [6, 6.07) is 13.4. The minimum absolute atomic E-state index is 0.357. The Morgan fingerprint density at radius 2 is 2.00 bits per heavy atom. The second-order valence-electron chi connectivity index (χ2n) is 5.08. The molecule has 0 unspecified atom stereocenters. The maximum atomic E-state index is 11.8. The quantitative estimate of drug-likeness (QED) is 0.572. The van der Waals surface area contributed by atoms with Crippen LogP contribution in [-0.4, -0.2) is 26.2 Å². The fourth-order valence-electron chi connectivity index (χ4n) is 2.15. The molecule has 4 nitrogen and oxygen atoms in total. The van der Waals surface area contributed by atoms with E-state index in [2.05, 4.69) is 21.2 Å². The summed E-state index contributed by atoms with van der Waals surface area (Å²) in [6.07, 6.45) is 0.824. The first-order chi connectivity index (χ1) is 11.1. The highest BCUT2D eigenvalue weighted by Gasteiger charge is 2.12. The number of carbonyl (C=O) groups excluding carboxylic acids is 1. The number of halogens is 1. The molecule has 0 bridgehead atoms. The molecule has 0 fully saturated rings. The van der Waals surface area contributed by atoms with Crippen molar-refractivity contribution in [3.05, 3.63) is 58.1 Å². The highest BCUT2D eigenvalue weighted by Crippen LogP contribution is 2.22. The van der Waals surface area contributed by atoms with Crippen LogP contribution in [0.25, 0.3) is 0 Å². The van der Waals surface area contributed by atoms with Crippen LogP contribution in [0, 0.1) is 6.92 Å². The number of aryl methyl sites for hydroxylation is 1. The predicted molar refractivity (Wildman–Crippen MR) is 95.3 cm³/mol.